The van der Waals surface area contributed by atoms with E-state index >= 15 is 0 Å². The van der Waals surface area contributed by atoms with Gasteiger partial charge in [0.2, 0.25) is 5.91 Å². The maximum absolute atomic E-state index is 12.2. The van der Waals surface area contributed by atoms with E-state index in [1.807, 2.05) is 0 Å². The molecule has 0 atom stereocenters. The van der Waals surface area contributed by atoms with Crippen molar-refractivity contribution in [3.63, 3.8) is 0 Å². The zero-order valence-electron chi connectivity index (χ0n) is 15.4. The summed E-state index contributed by atoms with van der Waals surface area (Å²) in [6.07, 6.45) is 1.45. The zero-order valence-corrected chi connectivity index (χ0v) is 16.2. The number of nitrogens with one attached hydrogen (secondary N) is 1. The Hall–Kier alpha value is -3.34. The second-order valence-corrected chi connectivity index (χ2v) is 8.71. The summed E-state index contributed by atoms with van der Waals surface area (Å²) in [7, 11) is -3.36. The minimum Gasteiger partial charge on any atom is -0.401 e. The van der Waals surface area contributed by atoms with Crippen molar-refractivity contribution in [1.29, 1.82) is 0 Å². The molecule has 0 aliphatic heterocycles. The predicted molar refractivity (Wildman–Crippen MR) is 102 cm³/mol. The lowest BCUT2D eigenvalue weighted by Gasteiger charge is -2.09. The summed E-state index contributed by atoms with van der Waals surface area (Å²) in [5.74, 6) is -0.296. The van der Waals surface area contributed by atoms with E-state index in [2.05, 4.69) is 25.5 Å². The van der Waals surface area contributed by atoms with Gasteiger partial charge in [0.1, 0.15) is 0 Å². The van der Waals surface area contributed by atoms with Gasteiger partial charge in [0.25, 0.3) is 5.89 Å². The number of sulfone groups is 1. The van der Waals surface area contributed by atoms with Gasteiger partial charge in [-0.2, -0.15) is 0 Å². The molecule has 0 spiro atoms. The fraction of sp³-hybridized carbons (Fsp3) is 0.235. The molecule has 0 bridgehead atoms. The van der Waals surface area contributed by atoms with E-state index in [4.69, 9.17) is 10.2 Å². The molecule has 0 aliphatic rings. The quantitative estimate of drug-likeness (QED) is 0.651. The Morgan fingerprint density at radius 2 is 1.86 bits per heavy atom. The highest BCUT2D eigenvalue weighted by Gasteiger charge is 2.20. The molecule has 3 aromatic rings. The number of hydrogen-bond acceptors (Lipinski definition) is 9. The third-order valence-corrected chi connectivity index (χ3v) is 5.98. The minimum atomic E-state index is -3.36. The highest BCUT2D eigenvalue weighted by molar-refractivity contribution is 7.92. The third-order valence-electron chi connectivity index (χ3n) is 3.81. The molecule has 0 radical (unpaired) electrons. The first kappa shape index (κ1) is 19.4. The highest BCUT2D eigenvalue weighted by atomic mass is 32.2. The summed E-state index contributed by atoms with van der Waals surface area (Å²) in [6.45, 7) is 4.56. The van der Waals surface area contributed by atoms with Crippen LogP contribution >= 0.6 is 0 Å². The topological polar surface area (TPSA) is 154 Å². The fourth-order valence-electron chi connectivity index (χ4n) is 2.30. The number of nitrogens with two attached hydrogens (primary N) is 1. The lowest BCUT2D eigenvalue weighted by Crippen LogP contribution is -2.13. The Balaban J connectivity index is 1.95. The summed E-state index contributed by atoms with van der Waals surface area (Å²) in [5.41, 5.74) is 7.09. The summed E-state index contributed by atoms with van der Waals surface area (Å²) >= 11 is 0. The monoisotopic (exact) mass is 402 g/mol. The lowest BCUT2D eigenvalue weighted by molar-refractivity contribution is -0.114. The molecule has 0 saturated heterocycles. The van der Waals surface area contributed by atoms with Crippen LogP contribution in [-0.2, 0) is 14.6 Å². The average molecular weight is 402 g/mol. The van der Waals surface area contributed by atoms with Crippen LogP contribution < -0.4 is 11.1 Å². The van der Waals surface area contributed by atoms with Crippen molar-refractivity contribution in [3.8, 4) is 22.8 Å². The molecule has 0 saturated carbocycles. The Morgan fingerprint density at radius 3 is 2.46 bits per heavy atom. The summed E-state index contributed by atoms with van der Waals surface area (Å²) in [4.78, 5) is 19.8. The standard InChI is InChI=1S/C17H18N6O4S/c1-9(2)28(25,26)12-6-4-11(5-7-12)13-8-19-15(18)14(21-13)16-22-23-17(27-16)20-10(3)24/h4-9H,1-3H3,(H2,18,19)(H,20,23,24). The van der Waals surface area contributed by atoms with Gasteiger partial charge >= 0.3 is 6.01 Å². The van der Waals surface area contributed by atoms with Gasteiger partial charge in [0, 0.05) is 12.5 Å². The van der Waals surface area contributed by atoms with E-state index in [-0.39, 0.29) is 34.2 Å². The van der Waals surface area contributed by atoms with E-state index < -0.39 is 15.1 Å². The number of amides is 1. The van der Waals surface area contributed by atoms with Gasteiger partial charge in [-0.25, -0.2) is 18.4 Å². The van der Waals surface area contributed by atoms with Crippen LogP contribution in [0.1, 0.15) is 20.8 Å². The number of hydrogen-bond donors (Lipinski definition) is 2. The van der Waals surface area contributed by atoms with E-state index in [1.54, 1.807) is 26.0 Å². The molecule has 0 aliphatic carbocycles. The molecule has 11 heteroatoms. The van der Waals surface area contributed by atoms with Gasteiger partial charge in [-0.15, -0.1) is 5.10 Å². The van der Waals surface area contributed by atoms with Crippen molar-refractivity contribution < 1.29 is 17.6 Å². The molecule has 2 heterocycles. The normalized spacial score (nSPS) is 11.6. The Labute approximate surface area is 161 Å². The van der Waals surface area contributed by atoms with Crippen LogP contribution in [0, 0.1) is 0 Å². The first-order valence-electron chi connectivity index (χ1n) is 8.27. The number of carbonyl (C=O) groups is 1. The third kappa shape index (κ3) is 3.83. The maximum Gasteiger partial charge on any atom is 0.322 e. The number of benzene rings is 1. The Kier molecular flexibility index (Phi) is 5.10. The van der Waals surface area contributed by atoms with Gasteiger partial charge < -0.3 is 10.2 Å². The van der Waals surface area contributed by atoms with Crippen LogP contribution in [0.4, 0.5) is 11.8 Å². The minimum absolute atomic E-state index is 0.00499. The van der Waals surface area contributed by atoms with E-state index in [0.29, 0.717) is 11.3 Å². The molecule has 3 rings (SSSR count). The van der Waals surface area contributed by atoms with Gasteiger partial charge in [0.05, 0.1) is 22.0 Å². The number of nitrogens with zero attached hydrogens (tertiary/aromatic N) is 4. The molecule has 1 aromatic carbocycles. The summed E-state index contributed by atoms with van der Waals surface area (Å²) in [5, 5.41) is 9.35. The van der Waals surface area contributed by atoms with Gasteiger partial charge in [-0.05, 0) is 26.0 Å². The van der Waals surface area contributed by atoms with Crippen molar-refractivity contribution in [2.24, 2.45) is 0 Å². The van der Waals surface area contributed by atoms with Gasteiger partial charge in [-0.3, -0.25) is 10.1 Å². The molecular formula is C17H18N6O4S. The van der Waals surface area contributed by atoms with Crippen LogP contribution in [0.3, 0.4) is 0 Å². The zero-order chi connectivity index (χ0) is 20.5. The van der Waals surface area contributed by atoms with Crippen LogP contribution in [0.2, 0.25) is 0 Å². The number of anilines is 2. The first-order chi connectivity index (χ1) is 13.2. The SMILES string of the molecule is CC(=O)Nc1nnc(-c2nc(-c3ccc(S(=O)(=O)C(C)C)cc3)cnc2N)o1. The molecule has 1 amide bonds. The van der Waals surface area contributed by atoms with Gasteiger partial charge in [0.15, 0.2) is 21.3 Å². The molecule has 0 fully saturated rings. The molecule has 10 nitrogen and oxygen atoms in total. The van der Waals surface area contributed by atoms with E-state index in [1.165, 1.54) is 25.3 Å². The second-order valence-electron chi connectivity index (χ2n) is 6.20. The van der Waals surface area contributed by atoms with Gasteiger partial charge in [-0.1, -0.05) is 17.2 Å². The van der Waals surface area contributed by atoms with Crippen LogP contribution in [0.15, 0.2) is 39.8 Å². The predicted octanol–water partition coefficient (Wildman–Crippen LogP) is 1.92. The molecule has 3 N–H and O–H groups in total. The number of rotatable bonds is 5. The average Bonchev–Trinajstić information content (AvgIpc) is 3.09. The van der Waals surface area contributed by atoms with E-state index in [9.17, 15) is 13.2 Å². The molecule has 0 unspecified atom stereocenters. The van der Waals surface area contributed by atoms with Crippen molar-refractivity contribution >= 4 is 27.6 Å². The smallest absolute Gasteiger partial charge is 0.322 e. The molecule has 28 heavy (non-hydrogen) atoms. The fourth-order valence-corrected chi connectivity index (χ4v) is 3.36. The van der Waals surface area contributed by atoms with Crippen molar-refractivity contribution in [1.82, 2.24) is 20.2 Å². The lowest BCUT2D eigenvalue weighted by atomic mass is 10.1. The second kappa shape index (κ2) is 7.35. The van der Waals surface area contributed by atoms with Crippen LogP contribution in [-0.4, -0.2) is 39.7 Å². The molecule has 146 valence electrons. The van der Waals surface area contributed by atoms with Crippen molar-refractivity contribution in [2.75, 3.05) is 11.1 Å². The molecular weight excluding hydrogens is 384 g/mol. The highest BCUT2D eigenvalue weighted by Crippen LogP contribution is 2.27. The Morgan fingerprint density at radius 1 is 1.18 bits per heavy atom. The maximum atomic E-state index is 12.2. The van der Waals surface area contributed by atoms with Crippen molar-refractivity contribution in [3.05, 3.63) is 30.5 Å². The van der Waals surface area contributed by atoms with Crippen LogP contribution in [0.5, 0.6) is 0 Å². The summed E-state index contributed by atoms with van der Waals surface area (Å²) < 4.78 is 29.8. The van der Waals surface area contributed by atoms with E-state index in [0.717, 1.165) is 0 Å². The number of aromatic nitrogens is 4. The number of carbonyl (C=O) groups excluding carboxylic acids is 1. The summed E-state index contributed by atoms with van der Waals surface area (Å²) in [6, 6.07) is 6.22. The molecule has 2 aromatic heterocycles. The number of nitrogen functional groups attached to an aromatic ring is 1. The first-order valence-corrected chi connectivity index (χ1v) is 9.81. The van der Waals surface area contributed by atoms with Crippen LogP contribution in [0.25, 0.3) is 22.8 Å². The van der Waals surface area contributed by atoms with Crippen molar-refractivity contribution in [2.45, 2.75) is 30.9 Å². The largest absolute Gasteiger partial charge is 0.401 e. The Bertz CT molecular complexity index is 1120.